The molecule has 0 radical (unpaired) electrons. The van der Waals surface area contributed by atoms with Gasteiger partial charge in [0.15, 0.2) is 23.2 Å². The third-order valence-electron chi connectivity index (χ3n) is 4.78. The molecule has 2 aromatic heterocycles. The van der Waals surface area contributed by atoms with Gasteiger partial charge in [-0.15, -0.1) is 0 Å². The SMILES string of the molecule is O=C(O)c1cccc(CNc2ncnc3c2ncn3[C@@H]2O[C@H](CO)[C@@H](O)[C@H]2O)c1. The topological polar surface area (TPSA) is 163 Å². The Morgan fingerprint density at radius 1 is 1.21 bits per heavy atom. The number of nitrogens with zero attached hydrogens (tertiary/aromatic N) is 4. The zero-order valence-corrected chi connectivity index (χ0v) is 15.1. The lowest BCUT2D eigenvalue weighted by Gasteiger charge is -2.16. The maximum Gasteiger partial charge on any atom is 0.335 e. The molecule has 1 aliphatic rings. The first-order chi connectivity index (χ1) is 14.0. The number of aromatic carboxylic acids is 1. The number of carbonyl (C=O) groups is 1. The summed E-state index contributed by atoms with van der Waals surface area (Å²) in [6.45, 7) is -0.119. The third-order valence-corrected chi connectivity index (χ3v) is 4.78. The van der Waals surface area contributed by atoms with Gasteiger partial charge in [-0.3, -0.25) is 4.57 Å². The minimum absolute atomic E-state index is 0.186. The van der Waals surface area contributed by atoms with Crippen LogP contribution in [0, 0.1) is 0 Å². The minimum Gasteiger partial charge on any atom is -0.478 e. The molecule has 1 aromatic carbocycles. The van der Waals surface area contributed by atoms with Crippen molar-refractivity contribution in [3.63, 3.8) is 0 Å². The second-order valence-corrected chi connectivity index (χ2v) is 6.63. The molecule has 1 fully saturated rings. The molecular formula is C18H19N5O6. The van der Waals surface area contributed by atoms with Crippen LogP contribution in [-0.4, -0.2) is 70.8 Å². The van der Waals surface area contributed by atoms with Gasteiger partial charge in [0.25, 0.3) is 0 Å². The van der Waals surface area contributed by atoms with Crippen LogP contribution in [0.25, 0.3) is 11.2 Å². The molecule has 11 heteroatoms. The van der Waals surface area contributed by atoms with E-state index in [1.54, 1.807) is 18.2 Å². The predicted molar refractivity (Wildman–Crippen MR) is 99.1 cm³/mol. The predicted octanol–water partition coefficient (Wildman–Crippen LogP) is -0.252. The van der Waals surface area contributed by atoms with Crippen LogP contribution in [0.15, 0.2) is 36.9 Å². The number of fused-ring (bicyclic) bond motifs is 1. The number of carboxylic acids is 1. The van der Waals surface area contributed by atoms with E-state index >= 15 is 0 Å². The fourth-order valence-corrected chi connectivity index (χ4v) is 3.28. The van der Waals surface area contributed by atoms with Crippen molar-refractivity contribution in [2.75, 3.05) is 11.9 Å². The maximum atomic E-state index is 11.1. The molecule has 0 spiro atoms. The van der Waals surface area contributed by atoms with Crippen LogP contribution < -0.4 is 5.32 Å². The van der Waals surface area contributed by atoms with Gasteiger partial charge in [-0.25, -0.2) is 19.7 Å². The Hall–Kier alpha value is -3.12. The van der Waals surface area contributed by atoms with E-state index in [4.69, 9.17) is 9.84 Å². The molecule has 0 bridgehead atoms. The average molecular weight is 401 g/mol. The Morgan fingerprint density at radius 3 is 2.76 bits per heavy atom. The van der Waals surface area contributed by atoms with Crippen LogP contribution in [0.4, 0.5) is 5.82 Å². The number of benzene rings is 1. The van der Waals surface area contributed by atoms with Crippen molar-refractivity contribution in [2.45, 2.75) is 31.1 Å². The van der Waals surface area contributed by atoms with Gasteiger partial charge in [-0.1, -0.05) is 12.1 Å². The second-order valence-electron chi connectivity index (χ2n) is 6.63. The molecule has 11 nitrogen and oxygen atoms in total. The first-order valence-corrected chi connectivity index (χ1v) is 8.85. The number of aromatic nitrogens is 4. The Bertz CT molecular complexity index is 1040. The Labute approximate surface area is 164 Å². The molecule has 0 amide bonds. The van der Waals surface area contributed by atoms with Gasteiger partial charge in [0.05, 0.1) is 18.5 Å². The molecule has 4 rings (SSSR count). The molecule has 1 aliphatic heterocycles. The molecular weight excluding hydrogens is 382 g/mol. The molecule has 3 aromatic rings. The number of nitrogens with one attached hydrogen (secondary N) is 1. The number of rotatable bonds is 6. The molecule has 5 N–H and O–H groups in total. The summed E-state index contributed by atoms with van der Waals surface area (Å²) < 4.78 is 7.00. The number of imidazole rings is 1. The monoisotopic (exact) mass is 401 g/mol. The largest absolute Gasteiger partial charge is 0.478 e. The van der Waals surface area contributed by atoms with Crippen LogP contribution >= 0.6 is 0 Å². The van der Waals surface area contributed by atoms with Crippen molar-refractivity contribution in [1.82, 2.24) is 19.5 Å². The van der Waals surface area contributed by atoms with Crippen molar-refractivity contribution >= 4 is 23.0 Å². The first kappa shape index (κ1) is 19.2. The molecule has 152 valence electrons. The van der Waals surface area contributed by atoms with E-state index in [1.165, 1.54) is 23.3 Å². The van der Waals surface area contributed by atoms with Gasteiger partial charge in [-0.05, 0) is 17.7 Å². The van der Waals surface area contributed by atoms with E-state index in [9.17, 15) is 20.1 Å². The van der Waals surface area contributed by atoms with Gasteiger partial charge >= 0.3 is 5.97 Å². The van der Waals surface area contributed by atoms with E-state index < -0.39 is 37.1 Å². The molecule has 29 heavy (non-hydrogen) atoms. The standard InChI is InChI=1S/C18H19N5O6/c24-6-11-13(25)14(26)17(29-11)23-8-22-12-15(20-7-21-16(12)23)19-5-9-2-1-3-10(4-9)18(27)28/h1-4,7-8,11,13-14,17,24-26H,5-6H2,(H,27,28)(H,19,20,21)/t11-,13-,14-,17-/m1/s1. The lowest BCUT2D eigenvalue weighted by Crippen LogP contribution is -2.33. The number of anilines is 1. The summed E-state index contributed by atoms with van der Waals surface area (Å²) in [4.78, 5) is 23.7. The quantitative estimate of drug-likeness (QED) is 0.372. The van der Waals surface area contributed by atoms with Gasteiger partial charge < -0.3 is 30.5 Å². The number of hydrogen-bond donors (Lipinski definition) is 5. The van der Waals surface area contributed by atoms with E-state index in [0.717, 1.165) is 5.56 Å². The summed E-state index contributed by atoms with van der Waals surface area (Å²) in [5.41, 5.74) is 1.72. The van der Waals surface area contributed by atoms with Crippen molar-refractivity contribution in [3.8, 4) is 0 Å². The fourth-order valence-electron chi connectivity index (χ4n) is 3.28. The van der Waals surface area contributed by atoms with Crippen molar-refractivity contribution in [3.05, 3.63) is 48.0 Å². The van der Waals surface area contributed by atoms with Gasteiger partial charge in [0, 0.05) is 6.54 Å². The molecule has 0 aliphatic carbocycles. The summed E-state index contributed by atoms with van der Waals surface area (Å²) >= 11 is 0. The summed E-state index contributed by atoms with van der Waals surface area (Å²) in [5, 5.41) is 41.7. The summed E-state index contributed by atoms with van der Waals surface area (Å²) in [6.07, 6.45) is -1.62. The van der Waals surface area contributed by atoms with Gasteiger partial charge in [-0.2, -0.15) is 0 Å². The Morgan fingerprint density at radius 2 is 2.03 bits per heavy atom. The minimum atomic E-state index is -1.25. The zero-order chi connectivity index (χ0) is 20.5. The highest BCUT2D eigenvalue weighted by Gasteiger charge is 2.44. The summed E-state index contributed by atoms with van der Waals surface area (Å²) in [6, 6.07) is 6.52. The molecule has 0 unspecified atom stereocenters. The normalized spacial score (nSPS) is 24.1. The lowest BCUT2D eigenvalue weighted by molar-refractivity contribution is -0.0511. The maximum absolute atomic E-state index is 11.1. The van der Waals surface area contributed by atoms with E-state index in [2.05, 4.69) is 20.3 Å². The van der Waals surface area contributed by atoms with E-state index in [0.29, 0.717) is 23.5 Å². The van der Waals surface area contributed by atoms with Crippen LogP contribution in [-0.2, 0) is 11.3 Å². The summed E-state index contributed by atoms with van der Waals surface area (Å²) in [5.74, 6) is -0.588. The first-order valence-electron chi connectivity index (χ1n) is 8.85. The van der Waals surface area contributed by atoms with Crippen LogP contribution in [0.2, 0.25) is 0 Å². The van der Waals surface area contributed by atoms with E-state index in [-0.39, 0.29) is 5.56 Å². The zero-order valence-electron chi connectivity index (χ0n) is 15.1. The molecule has 4 atom stereocenters. The highest BCUT2D eigenvalue weighted by molar-refractivity contribution is 5.87. The average Bonchev–Trinajstić information content (AvgIpc) is 3.28. The number of carboxylic acid groups (broad SMARTS) is 1. The number of aliphatic hydroxyl groups is 3. The number of aliphatic hydroxyl groups excluding tert-OH is 3. The van der Waals surface area contributed by atoms with Crippen LogP contribution in [0.5, 0.6) is 0 Å². The third kappa shape index (κ3) is 3.51. The second kappa shape index (κ2) is 7.72. The number of ether oxygens (including phenoxy) is 1. The highest BCUT2D eigenvalue weighted by Crippen LogP contribution is 2.32. The summed E-state index contributed by atoms with van der Waals surface area (Å²) in [7, 11) is 0. The smallest absolute Gasteiger partial charge is 0.335 e. The Kier molecular flexibility index (Phi) is 5.11. The molecule has 1 saturated heterocycles. The van der Waals surface area contributed by atoms with Crippen molar-refractivity contribution < 1.29 is 30.0 Å². The number of hydrogen-bond acceptors (Lipinski definition) is 9. The fraction of sp³-hybridized carbons (Fsp3) is 0.333. The van der Waals surface area contributed by atoms with Gasteiger partial charge in [0.1, 0.15) is 24.6 Å². The van der Waals surface area contributed by atoms with Crippen LogP contribution in [0.1, 0.15) is 22.1 Å². The van der Waals surface area contributed by atoms with Crippen LogP contribution in [0.3, 0.4) is 0 Å². The Balaban J connectivity index is 1.58. The van der Waals surface area contributed by atoms with Crippen molar-refractivity contribution in [1.29, 1.82) is 0 Å². The molecule has 0 saturated carbocycles. The van der Waals surface area contributed by atoms with Crippen molar-refractivity contribution in [2.24, 2.45) is 0 Å². The molecule has 3 heterocycles. The van der Waals surface area contributed by atoms with E-state index in [1.807, 2.05) is 0 Å². The van der Waals surface area contributed by atoms with Gasteiger partial charge in [0.2, 0.25) is 0 Å². The highest BCUT2D eigenvalue weighted by atomic mass is 16.6. The lowest BCUT2D eigenvalue weighted by atomic mass is 10.1.